The molecule has 7 nitrogen and oxygen atoms in total. The summed E-state index contributed by atoms with van der Waals surface area (Å²) in [6.07, 6.45) is -0.177. The van der Waals surface area contributed by atoms with E-state index in [1.807, 2.05) is 36.4 Å². The molecule has 0 spiro atoms. The summed E-state index contributed by atoms with van der Waals surface area (Å²) in [6.45, 7) is 0.467. The number of nitrogens with one attached hydrogen (secondary N) is 1. The smallest absolute Gasteiger partial charge is 0.308 e. The van der Waals surface area contributed by atoms with Crippen molar-refractivity contribution < 1.29 is 23.9 Å². The topological polar surface area (TPSA) is 84.9 Å². The molecule has 2 aromatic rings. The molecule has 0 saturated carbocycles. The predicted molar refractivity (Wildman–Crippen MR) is 94.6 cm³/mol. The van der Waals surface area contributed by atoms with Crippen LogP contribution in [0.5, 0.6) is 5.75 Å². The first kappa shape index (κ1) is 17.7. The van der Waals surface area contributed by atoms with Crippen molar-refractivity contribution >= 4 is 28.6 Å². The quantitative estimate of drug-likeness (QED) is 0.811. The third-order valence-corrected chi connectivity index (χ3v) is 4.32. The minimum atomic E-state index is -0.871. The summed E-state index contributed by atoms with van der Waals surface area (Å²) in [5.74, 6) is -0.675. The molecule has 2 aromatic carbocycles. The first-order valence-electron chi connectivity index (χ1n) is 8.34. The van der Waals surface area contributed by atoms with Crippen LogP contribution >= 0.6 is 0 Å². The number of piperazine rings is 1. The second kappa shape index (κ2) is 7.86. The highest BCUT2D eigenvalue weighted by Gasteiger charge is 2.35. The number of hydrogen-bond acceptors (Lipinski definition) is 5. The molecule has 1 aliphatic heterocycles. The third kappa shape index (κ3) is 3.93. The van der Waals surface area contributed by atoms with Crippen LogP contribution in [0.15, 0.2) is 42.5 Å². The predicted octanol–water partition coefficient (Wildman–Crippen LogP) is 1.11. The monoisotopic (exact) mass is 356 g/mol. The van der Waals surface area contributed by atoms with Crippen molar-refractivity contribution in [2.75, 3.05) is 26.8 Å². The summed E-state index contributed by atoms with van der Waals surface area (Å²) in [4.78, 5) is 37.5. The SMILES string of the molecule is COC(=O)C[C@H]1C(=O)NCCN1C(=O)COc1ccc2ccccc2c1. The zero-order valence-electron chi connectivity index (χ0n) is 14.4. The standard InChI is InChI=1S/C19H20N2O5/c1-25-18(23)11-16-19(24)20-8-9-21(16)17(22)12-26-15-7-6-13-4-2-3-5-14(13)10-15/h2-7,10,16H,8-9,11-12H2,1H3,(H,20,24)/t16-/m0/s1. The molecule has 1 heterocycles. The Morgan fingerprint density at radius 3 is 2.73 bits per heavy atom. The van der Waals surface area contributed by atoms with Gasteiger partial charge in [0, 0.05) is 13.1 Å². The highest BCUT2D eigenvalue weighted by Crippen LogP contribution is 2.21. The van der Waals surface area contributed by atoms with Crippen LogP contribution < -0.4 is 10.1 Å². The second-order valence-electron chi connectivity index (χ2n) is 5.97. The number of benzene rings is 2. The van der Waals surface area contributed by atoms with Gasteiger partial charge in [0.05, 0.1) is 13.5 Å². The fourth-order valence-electron chi connectivity index (χ4n) is 2.94. The molecule has 1 atom stereocenters. The van der Waals surface area contributed by atoms with Crippen molar-refractivity contribution in [1.82, 2.24) is 10.2 Å². The van der Waals surface area contributed by atoms with E-state index in [0.29, 0.717) is 18.8 Å². The summed E-state index contributed by atoms with van der Waals surface area (Å²) in [5.41, 5.74) is 0. The van der Waals surface area contributed by atoms with Crippen molar-refractivity contribution in [2.45, 2.75) is 12.5 Å². The number of ether oxygens (including phenoxy) is 2. The van der Waals surface area contributed by atoms with Gasteiger partial charge in [-0.3, -0.25) is 14.4 Å². The summed E-state index contributed by atoms with van der Waals surface area (Å²) >= 11 is 0. The molecule has 0 radical (unpaired) electrons. The van der Waals surface area contributed by atoms with Gasteiger partial charge in [-0.2, -0.15) is 0 Å². The summed E-state index contributed by atoms with van der Waals surface area (Å²) in [6, 6.07) is 12.5. The van der Waals surface area contributed by atoms with E-state index in [4.69, 9.17) is 4.74 Å². The summed E-state index contributed by atoms with van der Waals surface area (Å²) in [5, 5.41) is 4.75. The van der Waals surface area contributed by atoms with Crippen molar-refractivity contribution in [3.8, 4) is 5.75 Å². The van der Waals surface area contributed by atoms with E-state index in [9.17, 15) is 14.4 Å². The summed E-state index contributed by atoms with van der Waals surface area (Å²) < 4.78 is 10.2. The molecule has 26 heavy (non-hydrogen) atoms. The van der Waals surface area contributed by atoms with Crippen LogP contribution in [0.1, 0.15) is 6.42 Å². The maximum atomic E-state index is 12.5. The largest absolute Gasteiger partial charge is 0.484 e. The average Bonchev–Trinajstić information content (AvgIpc) is 2.67. The van der Waals surface area contributed by atoms with Gasteiger partial charge in [0.1, 0.15) is 11.8 Å². The number of carbonyl (C=O) groups excluding carboxylic acids is 3. The molecule has 0 unspecified atom stereocenters. The van der Waals surface area contributed by atoms with Gasteiger partial charge < -0.3 is 19.7 Å². The zero-order chi connectivity index (χ0) is 18.5. The van der Waals surface area contributed by atoms with E-state index in [-0.39, 0.29) is 24.8 Å². The highest BCUT2D eigenvalue weighted by atomic mass is 16.5. The number of methoxy groups -OCH3 is 1. The van der Waals surface area contributed by atoms with Gasteiger partial charge in [-0.1, -0.05) is 30.3 Å². The van der Waals surface area contributed by atoms with Gasteiger partial charge in [0.2, 0.25) is 5.91 Å². The Morgan fingerprint density at radius 2 is 1.96 bits per heavy atom. The van der Waals surface area contributed by atoms with Gasteiger partial charge in [0.15, 0.2) is 6.61 Å². The summed E-state index contributed by atoms with van der Waals surface area (Å²) in [7, 11) is 1.25. The molecular weight excluding hydrogens is 336 g/mol. The van der Waals surface area contributed by atoms with Crippen LogP contribution in [0.4, 0.5) is 0 Å². The van der Waals surface area contributed by atoms with Crippen LogP contribution in [-0.2, 0) is 19.1 Å². The van der Waals surface area contributed by atoms with Crippen molar-refractivity contribution in [3.05, 3.63) is 42.5 Å². The molecule has 136 valence electrons. The normalized spacial score (nSPS) is 16.9. The lowest BCUT2D eigenvalue weighted by Crippen LogP contribution is -2.58. The fourth-order valence-corrected chi connectivity index (χ4v) is 2.94. The van der Waals surface area contributed by atoms with Crippen molar-refractivity contribution in [3.63, 3.8) is 0 Å². The van der Waals surface area contributed by atoms with Crippen LogP contribution in [0, 0.1) is 0 Å². The van der Waals surface area contributed by atoms with Gasteiger partial charge in [-0.05, 0) is 22.9 Å². The molecule has 2 amide bonds. The maximum absolute atomic E-state index is 12.5. The van der Waals surface area contributed by atoms with Crippen molar-refractivity contribution in [1.29, 1.82) is 0 Å². The molecule has 3 rings (SSSR count). The Hall–Kier alpha value is -3.09. The number of amides is 2. The number of fused-ring (bicyclic) bond motifs is 1. The van der Waals surface area contributed by atoms with Crippen LogP contribution in [0.25, 0.3) is 10.8 Å². The van der Waals surface area contributed by atoms with Gasteiger partial charge in [0.25, 0.3) is 5.91 Å². The highest BCUT2D eigenvalue weighted by molar-refractivity contribution is 5.92. The number of esters is 1. The average molecular weight is 356 g/mol. The molecule has 1 aliphatic rings. The Labute approximate surface area is 150 Å². The van der Waals surface area contributed by atoms with E-state index < -0.39 is 12.0 Å². The Balaban J connectivity index is 1.66. The van der Waals surface area contributed by atoms with E-state index in [1.165, 1.54) is 12.0 Å². The molecule has 7 heteroatoms. The molecule has 0 aliphatic carbocycles. The lowest BCUT2D eigenvalue weighted by Gasteiger charge is -2.34. The first-order valence-corrected chi connectivity index (χ1v) is 8.34. The Bertz CT molecular complexity index is 836. The zero-order valence-corrected chi connectivity index (χ0v) is 14.4. The van der Waals surface area contributed by atoms with E-state index in [1.54, 1.807) is 6.07 Å². The van der Waals surface area contributed by atoms with Gasteiger partial charge in [-0.25, -0.2) is 0 Å². The van der Waals surface area contributed by atoms with Crippen LogP contribution in [0.2, 0.25) is 0 Å². The molecular formula is C19H20N2O5. The second-order valence-corrected chi connectivity index (χ2v) is 5.97. The number of carbonyl (C=O) groups is 3. The number of rotatable bonds is 5. The molecule has 0 bridgehead atoms. The Morgan fingerprint density at radius 1 is 1.19 bits per heavy atom. The lowest BCUT2D eigenvalue weighted by molar-refractivity contribution is -0.151. The van der Waals surface area contributed by atoms with Gasteiger partial charge in [-0.15, -0.1) is 0 Å². The molecule has 1 fully saturated rings. The van der Waals surface area contributed by atoms with Crippen molar-refractivity contribution in [2.24, 2.45) is 0 Å². The number of hydrogen-bond donors (Lipinski definition) is 1. The maximum Gasteiger partial charge on any atom is 0.308 e. The van der Waals surface area contributed by atoms with Gasteiger partial charge >= 0.3 is 5.97 Å². The first-order chi connectivity index (χ1) is 12.6. The fraction of sp³-hybridized carbons (Fsp3) is 0.316. The van der Waals surface area contributed by atoms with E-state index in [0.717, 1.165) is 10.8 Å². The van der Waals surface area contributed by atoms with E-state index >= 15 is 0 Å². The lowest BCUT2D eigenvalue weighted by atomic mass is 10.1. The molecule has 0 aromatic heterocycles. The van der Waals surface area contributed by atoms with E-state index in [2.05, 4.69) is 10.1 Å². The molecule has 1 saturated heterocycles. The number of nitrogens with zero attached hydrogens (tertiary/aromatic N) is 1. The Kier molecular flexibility index (Phi) is 5.36. The minimum Gasteiger partial charge on any atom is -0.484 e. The van der Waals surface area contributed by atoms with Crippen LogP contribution in [0.3, 0.4) is 0 Å². The van der Waals surface area contributed by atoms with Crippen LogP contribution in [-0.4, -0.2) is 55.5 Å². The third-order valence-electron chi connectivity index (χ3n) is 4.32. The molecule has 1 N–H and O–H groups in total. The minimum absolute atomic E-state index is 0.177.